The highest BCUT2D eigenvalue weighted by atomic mass is 35.5. The van der Waals surface area contributed by atoms with Gasteiger partial charge in [-0.2, -0.15) is 0 Å². The van der Waals surface area contributed by atoms with E-state index in [0.717, 1.165) is 10.8 Å². The fourth-order valence-electron chi connectivity index (χ4n) is 2.40. The van der Waals surface area contributed by atoms with Crippen molar-refractivity contribution >= 4 is 23.4 Å². The van der Waals surface area contributed by atoms with Crippen LogP contribution < -0.4 is 0 Å². The Kier molecular flexibility index (Phi) is 5.20. The summed E-state index contributed by atoms with van der Waals surface area (Å²) in [5.74, 6) is 0.964. The van der Waals surface area contributed by atoms with Gasteiger partial charge in [-0.25, -0.2) is 0 Å². The zero-order valence-electron chi connectivity index (χ0n) is 12.2. The van der Waals surface area contributed by atoms with Crippen LogP contribution in [0.5, 0.6) is 0 Å². The Morgan fingerprint density at radius 2 is 1.18 bits per heavy atom. The van der Waals surface area contributed by atoms with Crippen LogP contribution in [0.2, 0.25) is 5.02 Å². The molecule has 0 fully saturated rings. The Hall–Kier alpha value is -1.70. The molecule has 0 aliphatic rings. The van der Waals surface area contributed by atoms with Gasteiger partial charge in [-0.15, -0.1) is 11.8 Å². The second-order valence-electron chi connectivity index (χ2n) is 5.14. The minimum Gasteiger partial charge on any atom is -0.144 e. The lowest BCUT2D eigenvalue weighted by atomic mass is 10.0. The smallest absolute Gasteiger partial charge is 0.0549 e. The molecule has 0 saturated heterocycles. The van der Waals surface area contributed by atoms with Crippen LogP contribution in [0.1, 0.15) is 21.9 Å². The van der Waals surface area contributed by atoms with Crippen LogP contribution >= 0.6 is 23.4 Å². The largest absolute Gasteiger partial charge is 0.144 e. The summed E-state index contributed by atoms with van der Waals surface area (Å²) in [5, 5.41) is 1.13. The van der Waals surface area contributed by atoms with Gasteiger partial charge in [0.2, 0.25) is 0 Å². The number of hydrogen-bond donors (Lipinski definition) is 0. The third kappa shape index (κ3) is 3.94. The van der Waals surface area contributed by atoms with E-state index < -0.39 is 0 Å². The molecule has 3 rings (SSSR count). The summed E-state index contributed by atoms with van der Waals surface area (Å²) in [6.07, 6.45) is 0. The van der Waals surface area contributed by atoms with Gasteiger partial charge in [0.15, 0.2) is 0 Å². The molecule has 0 nitrogen and oxygen atoms in total. The van der Waals surface area contributed by atoms with Crippen LogP contribution in [0.3, 0.4) is 0 Å². The maximum atomic E-state index is 5.96. The van der Waals surface area contributed by atoms with Gasteiger partial charge < -0.3 is 0 Å². The van der Waals surface area contributed by atoms with Crippen molar-refractivity contribution in [2.24, 2.45) is 0 Å². The molecule has 3 aromatic rings. The number of benzene rings is 3. The fourth-order valence-corrected chi connectivity index (χ4v) is 3.78. The topological polar surface area (TPSA) is 0 Å². The second-order valence-corrected chi connectivity index (χ2v) is 6.67. The van der Waals surface area contributed by atoms with Crippen LogP contribution in [0.15, 0.2) is 84.9 Å². The molecule has 22 heavy (non-hydrogen) atoms. The van der Waals surface area contributed by atoms with Gasteiger partial charge in [-0.1, -0.05) is 84.4 Å². The second kappa shape index (κ2) is 7.53. The summed E-state index contributed by atoms with van der Waals surface area (Å²) in [6.45, 7) is 0. The van der Waals surface area contributed by atoms with E-state index in [1.807, 2.05) is 23.9 Å². The summed E-state index contributed by atoms with van der Waals surface area (Å²) < 4.78 is 0. The van der Waals surface area contributed by atoms with E-state index in [1.54, 1.807) is 0 Å². The Labute approximate surface area is 141 Å². The Morgan fingerprint density at radius 1 is 0.682 bits per heavy atom. The molecule has 0 aromatic heterocycles. The van der Waals surface area contributed by atoms with Crippen LogP contribution in [-0.2, 0) is 5.75 Å². The molecule has 0 saturated carbocycles. The minimum atomic E-state index is 0.345. The molecule has 3 aromatic carbocycles. The predicted octanol–water partition coefficient (Wildman–Crippen LogP) is 6.36. The Morgan fingerprint density at radius 3 is 1.68 bits per heavy atom. The maximum Gasteiger partial charge on any atom is 0.0549 e. The molecule has 0 aliphatic carbocycles. The summed E-state index contributed by atoms with van der Waals surface area (Å²) in [7, 11) is 0. The molecular weight excluding hydrogens is 308 g/mol. The fraction of sp³-hybridized carbons (Fsp3) is 0.100. The molecule has 0 heterocycles. The van der Waals surface area contributed by atoms with Crippen molar-refractivity contribution in [1.29, 1.82) is 0 Å². The van der Waals surface area contributed by atoms with Gasteiger partial charge >= 0.3 is 0 Å². The van der Waals surface area contributed by atoms with Crippen molar-refractivity contribution < 1.29 is 0 Å². The molecule has 0 amide bonds. The SMILES string of the molecule is Clc1ccc(CSC(c2ccccc2)c2ccccc2)cc1. The van der Waals surface area contributed by atoms with E-state index in [-0.39, 0.29) is 0 Å². The van der Waals surface area contributed by atoms with Crippen LogP contribution in [-0.4, -0.2) is 0 Å². The number of thioether (sulfide) groups is 1. The molecule has 0 N–H and O–H groups in total. The Balaban J connectivity index is 1.81. The zero-order valence-corrected chi connectivity index (χ0v) is 13.7. The first-order chi connectivity index (χ1) is 10.8. The van der Waals surface area contributed by atoms with E-state index in [2.05, 4.69) is 72.8 Å². The average molecular weight is 325 g/mol. The summed E-state index contributed by atoms with van der Waals surface area (Å²) in [5.41, 5.74) is 3.98. The van der Waals surface area contributed by atoms with Gasteiger partial charge in [-0.3, -0.25) is 0 Å². The van der Waals surface area contributed by atoms with Crippen molar-refractivity contribution in [2.75, 3.05) is 0 Å². The first-order valence-corrected chi connectivity index (χ1v) is 8.71. The number of rotatable bonds is 5. The van der Waals surface area contributed by atoms with Crippen molar-refractivity contribution in [3.63, 3.8) is 0 Å². The molecule has 2 heteroatoms. The number of hydrogen-bond acceptors (Lipinski definition) is 1. The lowest BCUT2D eigenvalue weighted by Gasteiger charge is -2.18. The predicted molar refractivity (Wildman–Crippen MR) is 97.5 cm³/mol. The van der Waals surface area contributed by atoms with Gasteiger partial charge in [0, 0.05) is 10.8 Å². The highest BCUT2D eigenvalue weighted by Gasteiger charge is 2.14. The first kappa shape index (κ1) is 15.2. The zero-order chi connectivity index (χ0) is 15.2. The van der Waals surface area contributed by atoms with Crippen molar-refractivity contribution in [1.82, 2.24) is 0 Å². The third-order valence-corrected chi connectivity index (χ3v) is 5.16. The normalized spacial score (nSPS) is 10.8. The molecule has 0 atom stereocenters. The molecular formula is C20H17ClS. The van der Waals surface area contributed by atoms with Crippen molar-refractivity contribution in [2.45, 2.75) is 11.0 Å². The van der Waals surface area contributed by atoms with E-state index in [4.69, 9.17) is 11.6 Å². The van der Waals surface area contributed by atoms with Crippen LogP contribution in [0.4, 0.5) is 0 Å². The summed E-state index contributed by atoms with van der Waals surface area (Å²) in [4.78, 5) is 0. The average Bonchev–Trinajstić information content (AvgIpc) is 2.59. The quantitative estimate of drug-likeness (QED) is 0.526. The number of halogens is 1. The first-order valence-electron chi connectivity index (χ1n) is 7.29. The van der Waals surface area contributed by atoms with E-state index in [9.17, 15) is 0 Å². The van der Waals surface area contributed by atoms with E-state index in [0.29, 0.717) is 5.25 Å². The lowest BCUT2D eigenvalue weighted by molar-refractivity contribution is 1.15. The van der Waals surface area contributed by atoms with E-state index in [1.165, 1.54) is 16.7 Å². The summed E-state index contributed by atoms with van der Waals surface area (Å²) >= 11 is 7.90. The molecule has 0 spiro atoms. The van der Waals surface area contributed by atoms with E-state index >= 15 is 0 Å². The van der Waals surface area contributed by atoms with Crippen molar-refractivity contribution in [3.8, 4) is 0 Å². The van der Waals surface area contributed by atoms with Crippen LogP contribution in [0, 0.1) is 0 Å². The molecule has 0 radical (unpaired) electrons. The van der Waals surface area contributed by atoms with Gasteiger partial charge in [-0.05, 0) is 28.8 Å². The highest BCUT2D eigenvalue weighted by Crippen LogP contribution is 2.37. The lowest BCUT2D eigenvalue weighted by Crippen LogP contribution is -1.97. The molecule has 0 aliphatic heterocycles. The maximum absolute atomic E-state index is 5.96. The Bertz CT molecular complexity index is 653. The van der Waals surface area contributed by atoms with Crippen molar-refractivity contribution in [3.05, 3.63) is 107 Å². The highest BCUT2D eigenvalue weighted by molar-refractivity contribution is 7.98. The molecule has 110 valence electrons. The van der Waals surface area contributed by atoms with Gasteiger partial charge in [0.05, 0.1) is 5.25 Å². The molecule has 0 bridgehead atoms. The summed E-state index contributed by atoms with van der Waals surface area (Å²) in [6, 6.07) is 29.5. The van der Waals surface area contributed by atoms with Crippen LogP contribution in [0.25, 0.3) is 0 Å². The monoisotopic (exact) mass is 324 g/mol. The molecule has 0 unspecified atom stereocenters. The van der Waals surface area contributed by atoms with Gasteiger partial charge in [0.1, 0.15) is 0 Å². The minimum absolute atomic E-state index is 0.345. The van der Waals surface area contributed by atoms with Gasteiger partial charge in [0.25, 0.3) is 0 Å². The standard InChI is InChI=1S/C20H17ClS/c21-19-13-11-16(12-14-19)15-22-20(17-7-3-1-4-8-17)18-9-5-2-6-10-18/h1-14,20H,15H2. The third-order valence-electron chi connectivity index (χ3n) is 3.53.